The smallest absolute Gasteiger partial charge is 0.0781 e. The zero-order valence-corrected chi connectivity index (χ0v) is 14.3. The lowest BCUT2D eigenvalue weighted by Gasteiger charge is -2.28. The fourth-order valence-corrected chi connectivity index (χ4v) is 3.57. The highest BCUT2D eigenvalue weighted by Gasteiger charge is 2.20. The Balaban J connectivity index is 1.92. The minimum Gasteiger partial charge on any atom is -0.310 e. The van der Waals surface area contributed by atoms with Crippen molar-refractivity contribution in [2.75, 3.05) is 6.54 Å². The highest BCUT2D eigenvalue weighted by Crippen LogP contribution is 2.35. The van der Waals surface area contributed by atoms with Crippen molar-refractivity contribution in [2.24, 2.45) is 11.8 Å². The van der Waals surface area contributed by atoms with Crippen LogP contribution in [0, 0.1) is 11.8 Å². The van der Waals surface area contributed by atoms with Gasteiger partial charge < -0.3 is 5.32 Å². The summed E-state index contributed by atoms with van der Waals surface area (Å²) in [6.07, 6.45) is 5.37. The van der Waals surface area contributed by atoms with E-state index in [0.29, 0.717) is 15.1 Å². The molecule has 1 nitrogen and oxygen atoms in total. The van der Waals surface area contributed by atoms with Crippen molar-refractivity contribution >= 4 is 34.8 Å². The molecule has 20 heavy (non-hydrogen) atoms. The number of halogens is 3. The molecule has 0 aromatic heterocycles. The fraction of sp³-hybridized carbons (Fsp3) is 0.625. The Morgan fingerprint density at radius 2 is 1.75 bits per heavy atom. The van der Waals surface area contributed by atoms with Gasteiger partial charge in [-0.2, -0.15) is 0 Å². The van der Waals surface area contributed by atoms with E-state index in [1.807, 2.05) is 12.1 Å². The zero-order chi connectivity index (χ0) is 14.7. The second kappa shape index (κ2) is 7.35. The van der Waals surface area contributed by atoms with Crippen LogP contribution in [0.25, 0.3) is 0 Å². The van der Waals surface area contributed by atoms with Gasteiger partial charge in [-0.15, -0.1) is 0 Å². The lowest BCUT2D eigenvalue weighted by molar-refractivity contribution is 0.276. The maximum atomic E-state index is 6.28. The third kappa shape index (κ3) is 4.04. The summed E-state index contributed by atoms with van der Waals surface area (Å²) in [6, 6.07) is 3.96. The SMILES string of the molecule is CC1CCC(CNC(C)c2ccc(Cl)c(Cl)c2Cl)CC1. The summed E-state index contributed by atoms with van der Waals surface area (Å²) in [7, 11) is 0. The van der Waals surface area contributed by atoms with Gasteiger partial charge in [-0.1, -0.05) is 60.6 Å². The average molecular weight is 335 g/mol. The van der Waals surface area contributed by atoms with Crippen LogP contribution in [0.1, 0.15) is 51.1 Å². The molecule has 0 radical (unpaired) electrons. The zero-order valence-electron chi connectivity index (χ0n) is 12.1. The van der Waals surface area contributed by atoms with E-state index in [2.05, 4.69) is 19.2 Å². The predicted octanol–water partition coefficient (Wildman–Crippen LogP) is 6.12. The van der Waals surface area contributed by atoms with E-state index in [1.165, 1.54) is 25.7 Å². The molecule has 112 valence electrons. The normalized spacial score (nSPS) is 24.6. The van der Waals surface area contributed by atoms with Crippen molar-refractivity contribution < 1.29 is 0 Å². The summed E-state index contributed by atoms with van der Waals surface area (Å²) >= 11 is 18.3. The summed E-state index contributed by atoms with van der Waals surface area (Å²) in [6.45, 7) is 5.52. The number of benzene rings is 1. The van der Waals surface area contributed by atoms with Crippen molar-refractivity contribution in [3.05, 3.63) is 32.8 Å². The van der Waals surface area contributed by atoms with Gasteiger partial charge in [-0.25, -0.2) is 0 Å². The van der Waals surface area contributed by atoms with Crippen LogP contribution in [-0.2, 0) is 0 Å². The topological polar surface area (TPSA) is 12.0 Å². The standard InChI is InChI=1S/C16H22Cl3N/c1-10-3-5-12(6-4-10)9-20-11(2)13-7-8-14(17)16(19)15(13)18/h7-8,10-12,20H,3-6,9H2,1-2H3. The molecular formula is C16H22Cl3N. The van der Waals surface area contributed by atoms with Crippen LogP contribution in [0.3, 0.4) is 0 Å². The summed E-state index contributed by atoms with van der Waals surface area (Å²) in [5.74, 6) is 1.68. The molecule has 1 unspecified atom stereocenters. The van der Waals surface area contributed by atoms with Gasteiger partial charge >= 0.3 is 0 Å². The molecule has 1 saturated carbocycles. The highest BCUT2D eigenvalue weighted by atomic mass is 35.5. The summed E-state index contributed by atoms with van der Waals surface area (Å²) < 4.78 is 0. The van der Waals surface area contributed by atoms with E-state index < -0.39 is 0 Å². The predicted molar refractivity (Wildman–Crippen MR) is 89.0 cm³/mol. The highest BCUT2D eigenvalue weighted by molar-refractivity contribution is 6.48. The first-order valence-corrected chi connectivity index (χ1v) is 8.49. The van der Waals surface area contributed by atoms with Crippen LogP contribution >= 0.6 is 34.8 Å². The minimum atomic E-state index is 0.191. The molecule has 1 aromatic rings. The van der Waals surface area contributed by atoms with E-state index in [1.54, 1.807) is 0 Å². The van der Waals surface area contributed by atoms with Gasteiger partial charge in [0.2, 0.25) is 0 Å². The Bertz CT molecular complexity index is 453. The van der Waals surface area contributed by atoms with Gasteiger partial charge in [0.25, 0.3) is 0 Å². The number of rotatable bonds is 4. The largest absolute Gasteiger partial charge is 0.310 e. The van der Waals surface area contributed by atoms with E-state index >= 15 is 0 Å². The molecule has 0 saturated heterocycles. The van der Waals surface area contributed by atoms with E-state index in [-0.39, 0.29) is 6.04 Å². The van der Waals surface area contributed by atoms with Crippen LogP contribution in [-0.4, -0.2) is 6.54 Å². The van der Waals surface area contributed by atoms with Crippen molar-refractivity contribution in [1.29, 1.82) is 0 Å². The van der Waals surface area contributed by atoms with Gasteiger partial charge in [0.05, 0.1) is 15.1 Å². The minimum absolute atomic E-state index is 0.191. The summed E-state index contributed by atoms with van der Waals surface area (Å²) in [5.41, 5.74) is 1.02. The van der Waals surface area contributed by atoms with E-state index in [0.717, 1.165) is 23.9 Å². The van der Waals surface area contributed by atoms with Gasteiger partial charge in [-0.05, 0) is 49.8 Å². The van der Waals surface area contributed by atoms with Crippen LogP contribution < -0.4 is 5.32 Å². The number of hydrogen-bond donors (Lipinski definition) is 1. The molecule has 1 N–H and O–H groups in total. The van der Waals surface area contributed by atoms with Crippen LogP contribution in [0.2, 0.25) is 15.1 Å². The molecule has 1 aliphatic rings. The van der Waals surface area contributed by atoms with Crippen molar-refractivity contribution in [1.82, 2.24) is 5.32 Å². The molecule has 2 rings (SSSR count). The molecule has 0 spiro atoms. The first kappa shape index (κ1) is 16.4. The van der Waals surface area contributed by atoms with Crippen LogP contribution in [0.5, 0.6) is 0 Å². The molecular weight excluding hydrogens is 313 g/mol. The maximum absolute atomic E-state index is 6.28. The molecule has 0 heterocycles. The summed E-state index contributed by atoms with van der Waals surface area (Å²) in [4.78, 5) is 0. The second-order valence-corrected chi connectivity index (χ2v) is 7.18. The molecule has 4 heteroatoms. The molecule has 1 fully saturated rings. The Labute approximate surface area is 137 Å². The van der Waals surface area contributed by atoms with E-state index in [4.69, 9.17) is 34.8 Å². The van der Waals surface area contributed by atoms with Crippen LogP contribution in [0.15, 0.2) is 12.1 Å². The fourth-order valence-electron chi connectivity index (χ4n) is 2.86. The van der Waals surface area contributed by atoms with Gasteiger partial charge in [0.1, 0.15) is 0 Å². The average Bonchev–Trinajstić information content (AvgIpc) is 2.44. The third-order valence-corrected chi connectivity index (χ3v) is 5.69. The lowest BCUT2D eigenvalue weighted by atomic mass is 9.83. The Morgan fingerprint density at radius 1 is 1.10 bits per heavy atom. The molecule has 0 bridgehead atoms. The van der Waals surface area contributed by atoms with Crippen LogP contribution in [0.4, 0.5) is 0 Å². The van der Waals surface area contributed by atoms with Gasteiger partial charge in [0, 0.05) is 6.04 Å². The third-order valence-electron chi connectivity index (χ3n) is 4.38. The van der Waals surface area contributed by atoms with Crippen molar-refractivity contribution in [3.8, 4) is 0 Å². The summed E-state index contributed by atoms with van der Waals surface area (Å²) in [5, 5.41) is 5.11. The molecule has 0 aliphatic heterocycles. The monoisotopic (exact) mass is 333 g/mol. The Morgan fingerprint density at radius 3 is 2.40 bits per heavy atom. The maximum Gasteiger partial charge on any atom is 0.0781 e. The molecule has 1 aliphatic carbocycles. The second-order valence-electron chi connectivity index (χ2n) is 6.02. The molecule has 1 atom stereocenters. The lowest BCUT2D eigenvalue weighted by Crippen LogP contribution is -2.28. The Hall–Kier alpha value is 0.0500. The van der Waals surface area contributed by atoms with Gasteiger partial charge in [0.15, 0.2) is 0 Å². The quantitative estimate of drug-likeness (QED) is 0.654. The van der Waals surface area contributed by atoms with E-state index in [9.17, 15) is 0 Å². The Kier molecular flexibility index (Phi) is 6.04. The van der Waals surface area contributed by atoms with Crippen molar-refractivity contribution in [2.45, 2.75) is 45.6 Å². The first-order valence-electron chi connectivity index (χ1n) is 7.35. The van der Waals surface area contributed by atoms with Gasteiger partial charge in [-0.3, -0.25) is 0 Å². The molecule has 0 amide bonds. The first-order chi connectivity index (χ1) is 9.49. The van der Waals surface area contributed by atoms with Crippen molar-refractivity contribution in [3.63, 3.8) is 0 Å². The number of nitrogens with one attached hydrogen (secondary N) is 1. The molecule has 1 aromatic carbocycles. The number of hydrogen-bond acceptors (Lipinski definition) is 1.